The Bertz CT molecular complexity index is 328. The van der Waals surface area contributed by atoms with Gasteiger partial charge in [0, 0.05) is 6.04 Å². The zero-order valence-electron chi connectivity index (χ0n) is 10.5. The predicted octanol–water partition coefficient (Wildman–Crippen LogP) is 3.84. The molecule has 1 aromatic carbocycles. The minimum Gasteiger partial charge on any atom is -0.310 e. The molecule has 0 radical (unpaired) electrons. The maximum absolute atomic E-state index is 3.63. The van der Waals surface area contributed by atoms with Gasteiger partial charge in [-0.2, -0.15) is 0 Å². The molecular formula is C15H23N. The minimum absolute atomic E-state index is 0.565. The fraction of sp³-hybridized carbons (Fsp3) is 0.600. The number of hydrogen-bond donors (Lipinski definition) is 1. The number of aryl methyl sites for hydroxylation is 1. The van der Waals surface area contributed by atoms with Crippen molar-refractivity contribution in [3.8, 4) is 0 Å². The summed E-state index contributed by atoms with van der Waals surface area (Å²) in [5.74, 6) is 0.963. The molecule has 2 rings (SSSR count). The molecule has 0 spiro atoms. The van der Waals surface area contributed by atoms with E-state index in [-0.39, 0.29) is 0 Å². The van der Waals surface area contributed by atoms with Gasteiger partial charge in [-0.05, 0) is 31.4 Å². The van der Waals surface area contributed by atoms with Crippen LogP contribution in [0.5, 0.6) is 0 Å². The molecule has 88 valence electrons. The van der Waals surface area contributed by atoms with E-state index >= 15 is 0 Å². The smallest absolute Gasteiger partial charge is 0.0322 e. The summed E-state index contributed by atoms with van der Waals surface area (Å²) in [6.07, 6.45) is 5.63. The summed E-state index contributed by atoms with van der Waals surface area (Å²) < 4.78 is 0. The third-order valence-corrected chi connectivity index (χ3v) is 3.69. The fourth-order valence-corrected chi connectivity index (χ4v) is 2.53. The number of benzene rings is 1. The quantitative estimate of drug-likeness (QED) is 0.790. The van der Waals surface area contributed by atoms with Gasteiger partial charge >= 0.3 is 0 Å². The van der Waals surface area contributed by atoms with Gasteiger partial charge in [0.05, 0.1) is 0 Å². The maximum Gasteiger partial charge on any atom is 0.0322 e. The summed E-state index contributed by atoms with van der Waals surface area (Å²) in [4.78, 5) is 0. The molecule has 1 unspecified atom stereocenters. The van der Waals surface area contributed by atoms with E-state index < -0.39 is 0 Å². The van der Waals surface area contributed by atoms with Crippen LogP contribution in [0.25, 0.3) is 0 Å². The van der Waals surface area contributed by atoms with Crippen molar-refractivity contribution in [1.82, 2.24) is 5.32 Å². The van der Waals surface area contributed by atoms with Crippen molar-refractivity contribution in [2.24, 2.45) is 5.92 Å². The molecule has 1 heteroatoms. The zero-order valence-corrected chi connectivity index (χ0v) is 10.5. The molecule has 0 aliphatic heterocycles. The van der Waals surface area contributed by atoms with Crippen molar-refractivity contribution >= 4 is 0 Å². The summed E-state index contributed by atoms with van der Waals surface area (Å²) in [7, 11) is 0. The van der Waals surface area contributed by atoms with Gasteiger partial charge in [-0.25, -0.2) is 0 Å². The van der Waals surface area contributed by atoms with E-state index in [1.54, 1.807) is 0 Å². The normalized spacial score (nSPS) is 18.1. The highest BCUT2D eigenvalue weighted by atomic mass is 14.9. The SMILES string of the molecule is CCNC(CC1CCC1)c1cccc(C)c1. The van der Waals surface area contributed by atoms with Gasteiger partial charge in [-0.3, -0.25) is 0 Å². The van der Waals surface area contributed by atoms with Crippen LogP contribution in [0.3, 0.4) is 0 Å². The van der Waals surface area contributed by atoms with Crippen molar-refractivity contribution in [3.63, 3.8) is 0 Å². The first-order valence-electron chi connectivity index (χ1n) is 6.59. The molecule has 1 aromatic rings. The molecule has 0 saturated heterocycles. The second-order valence-electron chi connectivity index (χ2n) is 5.06. The van der Waals surface area contributed by atoms with Crippen molar-refractivity contribution in [1.29, 1.82) is 0 Å². The maximum atomic E-state index is 3.63. The van der Waals surface area contributed by atoms with E-state index in [0.717, 1.165) is 12.5 Å². The molecule has 1 atom stereocenters. The van der Waals surface area contributed by atoms with E-state index in [1.807, 2.05) is 0 Å². The zero-order chi connectivity index (χ0) is 11.4. The van der Waals surface area contributed by atoms with Crippen LogP contribution in [0, 0.1) is 12.8 Å². The summed E-state index contributed by atoms with van der Waals surface area (Å²) in [5, 5.41) is 3.63. The number of hydrogen-bond acceptors (Lipinski definition) is 1. The van der Waals surface area contributed by atoms with Gasteiger partial charge in [-0.1, -0.05) is 56.0 Å². The van der Waals surface area contributed by atoms with Gasteiger partial charge in [0.15, 0.2) is 0 Å². The Morgan fingerprint density at radius 3 is 2.75 bits per heavy atom. The van der Waals surface area contributed by atoms with Crippen LogP contribution in [0.4, 0.5) is 0 Å². The molecule has 1 saturated carbocycles. The van der Waals surface area contributed by atoms with Crippen molar-refractivity contribution in [2.45, 2.75) is 45.6 Å². The first kappa shape index (κ1) is 11.7. The van der Waals surface area contributed by atoms with E-state index in [4.69, 9.17) is 0 Å². The van der Waals surface area contributed by atoms with E-state index in [9.17, 15) is 0 Å². The highest BCUT2D eigenvalue weighted by Crippen LogP contribution is 2.34. The first-order valence-corrected chi connectivity index (χ1v) is 6.59. The molecule has 1 N–H and O–H groups in total. The Labute approximate surface area is 99.3 Å². The molecule has 0 aromatic heterocycles. The Morgan fingerprint density at radius 2 is 2.19 bits per heavy atom. The van der Waals surface area contributed by atoms with Crippen LogP contribution in [-0.2, 0) is 0 Å². The third-order valence-electron chi connectivity index (χ3n) is 3.69. The van der Waals surface area contributed by atoms with E-state index in [1.165, 1.54) is 36.8 Å². The summed E-state index contributed by atoms with van der Waals surface area (Å²) in [5.41, 5.74) is 2.84. The summed E-state index contributed by atoms with van der Waals surface area (Å²) >= 11 is 0. The second-order valence-corrected chi connectivity index (χ2v) is 5.06. The molecule has 1 aliphatic rings. The van der Waals surface area contributed by atoms with Crippen LogP contribution in [0.1, 0.15) is 49.8 Å². The number of rotatable bonds is 5. The molecule has 1 nitrogen and oxygen atoms in total. The van der Waals surface area contributed by atoms with E-state index in [0.29, 0.717) is 6.04 Å². The Balaban J connectivity index is 2.04. The summed E-state index contributed by atoms with van der Waals surface area (Å²) in [6, 6.07) is 9.51. The van der Waals surface area contributed by atoms with Gasteiger partial charge in [0.1, 0.15) is 0 Å². The predicted molar refractivity (Wildman–Crippen MR) is 69.6 cm³/mol. The molecule has 0 amide bonds. The van der Waals surface area contributed by atoms with Crippen molar-refractivity contribution < 1.29 is 0 Å². The Morgan fingerprint density at radius 1 is 1.38 bits per heavy atom. The standard InChI is InChI=1S/C15H23N/c1-3-16-15(11-13-7-5-8-13)14-9-4-6-12(2)10-14/h4,6,9-10,13,15-16H,3,5,7-8,11H2,1-2H3. The van der Waals surface area contributed by atoms with Gasteiger partial charge in [-0.15, -0.1) is 0 Å². The molecule has 0 heterocycles. The Kier molecular flexibility index (Phi) is 4.00. The summed E-state index contributed by atoms with van der Waals surface area (Å²) in [6.45, 7) is 5.44. The largest absolute Gasteiger partial charge is 0.310 e. The molecule has 1 aliphatic carbocycles. The first-order chi connectivity index (χ1) is 7.79. The second kappa shape index (κ2) is 5.49. The van der Waals surface area contributed by atoms with Crippen molar-refractivity contribution in [2.75, 3.05) is 6.54 Å². The van der Waals surface area contributed by atoms with E-state index in [2.05, 4.69) is 43.4 Å². The lowest BCUT2D eigenvalue weighted by molar-refractivity contribution is 0.262. The van der Waals surface area contributed by atoms with Crippen molar-refractivity contribution in [3.05, 3.63) is 35.4 Å². The van der Waals surface area contributed by atoms with Gasteiger partial charge < -0.3 is 5.32 Å². The topological polar surface area (TPSA) is 12.0 Å². The third kappa shape index (κ3) is 2.85. The van der Waals surface area contributed by atoms with Crippen LogP contribution < -0.4 is 5.32 Å². The highest BCUT2D eigenvalue weighted by Gasteiger charge is 2.22. The van der Waals surface area contributed by atoms with Crippen LogP contribution in [0.2, 0.25) is 0 Å². The van der Waals surface area contributed by atoms with Crippen LogP contribution in [0.15, 0.2) is 24.3 Å². The molecule has 0 bridgehead atoms. The average molecular weight is 217 g/mol. The number of nitrogens with one attached hydrogen (secondary N) is 1. The molecular weight excluding hydrogens is 194 g/mol. The Hall–Kier alpha value is -0.820. The monoisotopic (exact) mass is 217 g/mol. The average Bonchev–Trinajstić information content (AvgIpc) is 2.21. The van der Waals surface area contributed by atoms with Gasteiger partial charge in [0.25, 0.3) is 0 Å². The molecule has 1 fully saturated rings. The molecule has 16 heavy (non-hydrogen) atoms. The van der Waals surface area contributed by atoms with Crippen LogP contribution >= 0.6 is 0 Å². The van der Waals surface area contributed by atoms with Gasteiger partial charge in [0.2, 0.25) is 0 Å². The minimum atomic E-state index is 0.565. The van der Waals surface area contributed by atoms with Crippen LogP contribution in [-0.4, -0.2) is 6.54 Å². The lowest BCUT2D eigenvalue weighted by atomic mass is 9.79. The highest BCUT2D eigenvalue weighted by molar-refractivity contribution is 5.25. The lowest BCUT2D eigenvalue weighted by Gasteiger charge is -2.30. The lowest BCUT2D eigenvalue weighted by Crippen LogP contribution is -2.25. The fourth-order valence-electron chi connectivity index (χ4n) is 2.53.